The van der Waals surface area contributed by atoms with Gasteiger partial charge in [0, 0.05) is 13.3 Å². The highest BCUT2D eigenvalue weighted by Crippen LogP contribution is 2.23. The van der Waals surface area contributed by atoms with Crippen LogP contribution in [0.2, 0.25) is 0 Å². The molecule has 0 aliphatic heterocycles. The number of anilines is 1. The molecular formula is C10H13N3O3S. The second kappa shape index (κ2) is 6.00. The van der Waals surface area contributed by atoms with Crippen LogP contribution in [-0.4, -0.2) is 17.7 Å². The molecule has 0 radical (unpaired) electrons. The van der Waals surface area contributed by atoms with E-state index in [-0.39, 0.29) is 11.8 Å². The van der Waals surface area contributed by atoms with Crippen molar-refractivity contribution in [1.82, 2.24) is 10.9 Å². The van der Waals surface area contributed by atoms with Gasteiger partial charge in [0.05, 0.1) is 5.56 Å². The number of carbonyl (C=O) groups excluding carboxylic acids is 3. The van der Waals surface area contributed by atoms with Gasteiger partial charge in [0.15, 0.2) is 0 Å². The quantitative estimate of drug-likeness (QED) is 0.700. The van der Waals surface area contributed by atoms with Gasteiger partial charge in [-0.2, -0.15) is 0 Å². The van der Waals surface area contributed by atoms with Gasteiger partial charge in [-0.1, -0.05) is 6.92 Å². The molecule has 0 saturated heterocycles. The first kappa shape index (κ1) is 13.2. The maximum absolute atomic E-state index is 11.6. The van der Waals surface area contributed by atoms with Crippen molar-refractivity contribution in [2.45, 2.75) is 20.3 Å². The fourth-order valence-electron chi connectivity index (χ4n) is 1.01. The molecule has 3 amide bonds. The number of amides is 3. The number of thiophene rings is 1. The number of nitrogens with one attached hydrogen (secondary N) is 3. The van der Waals surface area contributed by atoms with Crippen LogP contribution in [-0.2, 0) is 9.59 Å². The molecule has 92 valence electrons. The first-order valence-corrected chi connectivity index (χ1v) is 5.86. The molecule has 0 aliphatic carbocycles. The predicted molar refractivity (Wildman–Crippen MR) is 64.5 cm³/mol. The van der Waals surface area contributed by atoms with Crippen molar-refractivity contribution in [2.75, 3.05) is 5.32 Å². The van der Waals surface area contributed by atoms with Crippen LogP contribution in [0.4, 0.5) is 5.00 Å². The van der Waals surface area contributed by atoms with E-state index in [1.807, 2.05) is 0 Å². The second-order valence-corrected chi connectivity index (χ2v) is 4.12. The van der Waals surface area contributed by atoms with Crippen LogP contribution in [0.5, 0.6) is 0 Å². The molecule has 0 bridgehead atoms. The lowest BCUT2D eigenvalue weighted by Gasteiger charge is -2.06. The molecule has 1 aromatic heterocycles. The first-order valence-electron chi connectivity index (χ1n) is 4.98. The van der Waals surface area contributed by atoms with E-state index in [0.29, 0.717) is 17.0 Å². The summed E-state index contributed by atoms with van der Waals surface area (Å²) in [7, 11) is 0. The van der Waals surface area contributed by atoms with E-state index in [4.69, 9.17) is 0 Å². The maximum Gasteiger partial charge on any atom is 0.272 e. The van der Waals surface area contributed by atoms with Crippen LogP contribution in [0.1, 0.15) is 30.6 Å². The molecule has 3 N–H and O–H groups in total. The minimum absolute atomic E-state index is 0.166. The van der Waals surface area contributed by atoms with E-state index in [1.54, 1.807) is 18.4 Å². The normalized spacial score (nSPS) is 9.53. The monoisotopic (exact) mass is 255 g/mol. The molecule has 1 heterocycles. The molecular weight excluding hydrogens is 242 g/mol. The lowest BCUT2D eigenvalue weighted by Crippen LogP contribution is -2.40. The summed E-state index contributed by atoms with van der Waals surface area (Å²) < 4.78 is 0. The average molecular weight is 255 g/mol. The Bertz CT molecular complexity index is 442. The van der Waals surface area contributed by atoms with Crippen molar-refractivity contribution in [1.29, 1.82) is 0 Å². The summed E-state index contributed by atoms with van der Waals surface area (Å²) in [5.41, 5.74) is 4.74. The molecule has 0 aromatic carbocycles. The topological polar surface area (TPSA) is 87.3 Å². The Labute approximate surface area is 102 Å². The zero-order valence-electron chi connectivity index (χ0n) is 9.49. The molecule has 0 saturated carbocycles. The Kier molecular flexibility index (Phi) is 4.65. The molecule has 1 aromatic rings. The van der Waals surface area contributed by atoms with E-state index in [0.717, 1.165) is 0 Å². The Balaban J connectivity index is 2.70. The van der Waals surface area contributed by atoms with Crippen LogP contribution >= 0.6 is 11.3 Å². The fraction of sp³-hybridized carbons (Fsp3) is 0.300. The Hall–Kier alpha value is -1.89. The largest absolute Gasteiger partial charge is 0.317 e. The van der Waals surface area contributed by atoms with Crippen LogP contribution in [0.15, 0.2) is 11.4 Å². The van der Waals surface area contributed by atoms with Gasteiger partial charge in [-0.15, -0.1) is 11.3 Å². The average Bonchev–Trinajstić information content (AvgIpc) is 2.73. The van der Waals surface area contributed by atoms with Crippen molar-refractivity contribution < 1.29 is 14.4 Å². The van der Waals surface area contributed by atoms with E-state index in [9.17, 15) is 14.4 Å². The highest BCUT2D eigenvalue weighted by Gasteiger charge is 2.14. The summed E-state index contributed by atoms with van der Waals surface area (Å²) in [5.74, 6) is -0.999. The summed E-state index contributed by atoms with van der Waals surface area (Å²) in [4.78, 5) is 33.5. The van der Waals surface area contributed by atoms with E-state index < -0.39 is 5.91 Å². The van der Waals surface area contributed by atoms with E-state index in [1.165, 1.54) is 18.3 Å². The maximum atomic E-state index is 11.6. The van der Waals surface area contributed by atoms with Gasteiger partial charge in [0.1, 0.15) is 5.00 Å². The molecule has 17 heavy (non-hydrogen) atoms. The SMILES string of the molecule is CCC(=O)Nc1sccc1C(=O)NNC(C)=O. The van der Waals surface area contributed by atoms with Crippen molar-refractivity contribution in [2.24, 2.45) is 0 Å². The number of hydrogen-bond donors (Lipinski definition) is 3. The minimum atomic E-state index is -0.465. The summed E-state index contributed by atoms with van der Waals surface area (Å²) in [5, 5.41) is 4.78. The number of rotatable bonds is 3. The lowest BCUT2D eigenvalue weighted by molar-refractivity contribution is -0.119. The predicted octanol–water partition coefficient (Wildman–Crippen LogP) is 0.878. The van der Waals surface area contributed by atoms with Gasteiger partial charge >= 0.3 is 0 Å². The van der Waals surface area contributed by atoms with Crippen molar-refractivity contribution >= 4 is 34.1 Å². The molecule has 6 nitrogen and oxygen atoms in total. The van der Waals surface area contributed by atoms with Crippen LogP contribution in [0.3, 0.4) is 0 Å². The van der Waals surface area contributed by atoms with E-state index >= 15 is 0 Å². The fourth-order valence-corrected chi connectivity index (χ4v) is 1.81. The smallest absolute Gasteiger partial charge is 0.272 e. The molecule has 0 fully saturated rings. The third-order valence-electron chi connectivity index (χ3n) is 1.84. The van der Waals surface area contributed by atoms with E-state index in [2.05, 4.69) is 16.2 Å². The number of hydrogen-bond acceptors (Lipinski definition) is 4. The Morgan fingerprint density at radius 3 is 2.59 bits per heavy atom. The Morgan fingerprint density at radius 1 is 1.29 bits per heavy atom. The van der Waals surface area contributed by atoms with Crippen molar-refractivity contribution in [3.63, 3.8) is 0 Å². The number of carbonyl (C=O) groups is 3. The van der Waals surface area contributed by atoms with Gasteiger partial charge in [0.2, 0.25) is 11.8 Å². The summed E-state index contributed by atoms with van der Waals surface area (Å²) in [6, 6.07) is 1.58. The van der Waals surface area contributed by atoms with Gasteiger partial charge in [0.25, 0.3) is 5.91 Å². The molecule has 0 aliphatic rings. The highest BCUT2D eigenvalue weighted by molar-refractivity contribution is 7.14. The van der Waals surface area contributed by atoms with Crippen LogP contribution in [0.25, 0.3) is 0 Å². The van der Waals surface area contributed by atoms with Gasteiger partial charge in [-0.25, -0.2) is 0 Å². The van der Waals surface area contributed by atoms with Gasteiger partial charge in [-0.3, -0.25) is 25.2 Å². The molecule has 7 heteroatoms. The summed E-state index contributed by atoms with van der Waals surface area (Å²) >= 11 is 1.25. The summed E-state index contributed by atoms with van der Waals surface area (Å²) in [6.45, 7) is 3.01. The number of hydrazine groups is 1. The lowest BCUT2D eigenvalue weighted by atomic mass is 10.3. The molecule has 1 rings (SSSR count). The van der Waals surface area contributed by atoms with Gasteiger partial charge in [-0.05, 0) is 11.4 Å². The zero-order valence-corrected chi connectivity index (χ0v) is 10.3. The standard InChI is InChI=1S/C10H13N3O3S/c1-3-8(15)11-10-7(4-5-17-10)9(16)13-12-6(2)14/h4-5H,3H2,1-2H3,(H,11,15)(H,12,14)(H,13,16). The third-order valence-corrected chi connectivity index (χ3v) is 2.67. The van der Waals surface area contributed by atoms with Gasteiger partial charge < -0.3 is 5.32 Å². The molecule has 0 spiro atoms. The molecule has 0 unspecified atom stereocenters. The van der Waals surface area contributed by atoms with Crippen molar-refractivity contribution in [3.8, 4) is 0 Å². The molecule has 0 atom stereocenters. The first-order chi connectivity index (χ1) is 8.04. The highest BCUT2D eigenvalue weighted by atomic mass is 32.1. The zero-order chi connectivity index (χ0) is 12.8. The minimum Gasteiger partial charge on any atom is -0.317 e. The third kappa shape index (κ3) is 3.87. The van der Waals surface area contributed by atoms with Crippen molar-refractivity contribution in [3.05, 3.63) is 17.0 Å². The Morgan fingerprint density at radius 2 is 2.00 bits per heavy atom. The van der Waals surface area contributed by atoms with Crippen LogP contribution in [0, 0.1) is 0 Å². The van der Waals surface area contributed by atoms with Crippen LogP contribution < -0.4 is 16.2 Å². The summed E-state index contributed by atoms with van der Waals surface area (Å²) in [6.07, 6.45) is 0.338. The second-order valence-electron chi connectivity index (χ2n) is 3.20.